The Labute approximate surface area is 161 Å². The Morgan fingerprint density at radius 1 is 1.12 bits per heavy atom. The van der Waals surface area contributed by atoms with Crippen molar-refractivity contribution in [1.82, 2.24) is 5.32 Å². The van der Waals surface area contributed by atoms with E-state index in [2.05, 4.69) is 21.2 Å². The summed E-state index contributed by atoms with van der Waals surface area (Å²) in [5.41, 5.74) is 1.11. The number of nitrogens with one attached hydrogen (secondary N) is 1. The first-order valence-electron chi connectivity index (χ1n) is 8.50. The summed E-state index contributed by atoms with van der Waals surface area (Å²) in [7, 11) is 0. The van der Waals surface area contributed by atoms with Gasteiger partial charge in [-0.15, -0.1) is 0 Å². The third-order valence-electron chi connectivity index (χ3n) is 3.57. The van der Waals surface area contributed by atoms with Crippen LogP contribution in [0.1, 0.15) is 26.3 Å². The fourth-order valence-electron chi connectivity index (χ4n) is 2.30. The number of amides is 1. The normalized spacial score (nSPS) is 11.9. The first-order chi connectivity index (χ1) is 12.3. The molecule has 0 aliphatic heterocycles. The molecule has 1 amide bonds. The lowest BCUT2D eigenvalue weighted by Gasteiger charge is -2.16. The molecule has 0 aliphatic rings. The molecule has 26 heavy (non-hydrogen) atoms. The standard InChI is InChI=1S/C20H23BrFNO3/c1-13(2)25-17-7-4-15(5-8-17)10-11-23-20(24)14(3)26-19-9-6-16(22)12-18(19)21/h4-9,12-14H,10-11H2,1-3H3,(H,23,24). The van der Waals surface area contributed by atoms with Crippen LogP contribution < -0.4 is 14.8 Å². The van der Waals surface area contributed by atoms with Gasteiger partial charge in [0.25, 0.3) is 5.91 Å². The average molecular weight is 424 g/mol. The summed E-state index contributed by atoms with van der Waals surface area (Å²) in [5, 5.41) is 2.84. The van der Waals surface area contributed by atoms with Crippen LogP contribution >= 0.6 is 15.9 Å². The van der Waals surface area contributed by atoms with Crippen molar-refractivity contribution in [2.75, 3.05) is 6.54 Å². The molecule has 0 saturated heterocycles. The molecule has 4 nitrogen and oxygen atoms in total. The van der Waals surface area contributed by atoms with Crippen LogP contribution in [0, 0.1) is 5.82 Å². The second-order valence-electron chi connectivity index (χ2n) is 6.19. The van der Waals surface area contributed by atoms with Crippen LogP contribution in [0.3, 0.4) is 0 Å². The highest BCUT2D eigenvalue weighted by Crippen LogP contribution is 2.26. The second kappa shape index (κ2) is 9.57. The highest BCUT2D eigenvalue weighted by Gasteiger charge is 2.15. The van der Waals surface area contributed by atoms with Crippen molar-refractivity contribution in [2.45, 2.75) is 39.4 Å². The van der Waals surface area contributed by atoms with E-state index in [-0.39, 0.29) is 17.8 Å². The van der Waals surface area contributed by atoms with Crippen LogP contribution in [-0.2, 0) is 11.2 Å². The fourth-order valence-corrected chi connectivity index (χ4v) is 2.74. The lowest BCUT2D eigenvalue weighted by atomic mass is 10.1. The lowest BCUT2D eigenvalue weighted by molar-refractivity contribution is -0.127. The highest BCUT2D eigenvalue weighted by molar-refractivity contribution is 9.10. The molecule has 0 saturated carbocycles. The number of halogens is 2. The number of ether oxygens (including phenoxy) is 2. The Morgan fingerprint density at radius 3 is 2.42 bits per heavy atom. The molecule has 0 bridgehead atoms. The zero-order valence-electron chi connectivity index (χ0n) is 15.1. The predicted molar refractivity (Wildman–Crippen MR) is 103 cm³/mol. The Bertz CT molecular complexity index is 734. The van der Waals surface area contributed by atoms with Crippen LogP contribution in [0.15, 0.2) is 46.9 Å². The summed E-state index contributed by atoms with van der Waals surface area (Å²) in [6, 6.07) is 11.9. The molecule has 6 heteroatoms. The SMILES string of the molecule is CC(C)Oc1ccc(CCNC(=O)C(C)Oc2ccc(F)cc2Br)cc1. The molecule has 0 spiro atoms. The predicted octanol–water partition coefficient (Wildman–Crippen LogP) is 4.50. The molecule has 2 rings (SSSR count). The number of carbonyl (C=O) groups is 1. The minimum atomic E-state index is -0.682. The molecule has 0 heterocycles. The molecule has 1 N–H and O–H groups in total. The maximum atomic E-state index is 13.1. The minimum Gasteiger partial charge on any atom is -0.491 e. The first-order valence-corrected chi connectivity index (χ1v) is 9.29. The van der Waals surface area contributed by atoms with E-state index in [1.54, 1.807) is 6.92 Å². The van der Waals surface area contributed by atoms with Gasteiger partial charge < -0.3 is 14.8 Å². The van der Waals surface area contributed by atoms with E-state index in [9.17, 15) is 9.18 Å². The molecule has 2 aromatic rings. The maximum absolute atomic E-state index is 13.1. The number of benzene rings is 2. The minimum absolute atomic E-state index is 0.141. The Balaban J connectivity index is 1.78. The van der Waals surface area contributed by atoms with Crippen LogP contribution in [0.5, 0.6) is 11.5 Å². The Hall–Kier alpha value is -2.08. The molecule has 2 aromatic carbocycles. The van der Waals surface area contributed by atoms with E-state index < -0.39 is 6.10 Å². The molecule has 0 aliphatic carbocycles. The molecule has 0 aromatic heterocycles. The number of hydrogen-bond donors (Lipinski definition) is 1. The summed E-state index contributed by atoms with van der Waals surface area (Å²) in [6.45, 7) is 6.12. The molecule has 0 radical (unpaired) electrons. The number of hydrogen-bond acceptors (Lipinski definition) is 3. The van der Waals surface area contributed by atoms with Gasteiger partial charge in [0, 0.05) is 6.54 Å². The molecule has 0 fully saturated rings. The van der Waals surface area contributed by atoms with Crippen LogP contribution in [0.25, 0.3) is 0 Å². The van der Waals surface area contributed by atoms with Crippen LogP contribution in [0.2, 0.25) is 0 Å². The van der Waals surface area contributed by atoms with Crippen molar-refractivity contribution in [3.05, 3.63) is 58.3 Å². The smallest absolute Gasteiger partial charge is 0.260 e. The molecule has 1 unspecified atom stereocenters. The number of rotatable bonds is 8. The number of carbonyl (C=O) groups excluding carboxylic acids is 1. The maximum Gasteiger partial charge on any atom is 0.260 e. The van der Waals surface area contributed by atoms with Gasteiger partial charge in [-0.25, -0.2) is 4.39 Å². The van der Waals surface area contributed by atoms with E-state index in [4.69, 9.17) is 9.47 Å². The lowest BCUT2D eigenvalue weighted by Crippen LogP contribution is -2.37. The van der Waals surface area contributed by atoms with Crippen molar-refractivity contribution in [1.29, 1.82) is 0 Å². The fraction of sp³-hybridized carbons (Fsp3) is 0.350. The summed E-state index contributed by atoms with van der Waals surface area (Å²) >= 11 is 3.22. The third kappa shape index (κ3) is 6.33. The largest absolute Gasteiger partial charge is 0.491 e. The molecule has 1 atom stereocenters. The summed E-state index contributed by atoms with van der Waals surface area (Å²) in [4.78, 5) is 12.1. The zero-order valence-corrected chi connectivity index (χ0v) is 16.7. The van der Waals surface area contributed by atoms with Gasteiger partial charge in [-0.05, 0) is 79.0 Å². The van der Waals surface area contributed by atoms with Crippen LogP contribution in [-0.4, -0.2) is 24.7 Å². The third-order valence-corrected chi connectivity index (χ3v) is 4.19. The van der Waals surface area contributed by atoms with Gasteiger partial charge >= 0.3 is 0 Å². The van der Waals surface area contributed by atoms with Gasteiger partial charge in [0.15, 0.2) is 6.10 Å². The topological polar surface area (TPSA) is 47.6 Å². The van der Waals surface area contributed by atoms with E-state index in [0.29, 0.717) is 23.2 Å². The van der Waals surface area contributed by atoms with Crippen molar-refractivity contribution in [2.24, 2.45) is 0 Å². The van der Waals surface area contributed by atoms with Crippen LogP contribution in [0.4, 0.5) is 4.39 Å². The van der Waals surface area contributed by atoms with Gasteiger partial charge in [0.05, 0.1) is 10.6 Å². The summed E-state index contributed by atoms with van der Waals surface area (Å²) in [6.07, 6.45) is 0.169. The van der Waals surface area contributed by atoms with Gasteiger partial charge in [0.1, 0.15) is 17.3 Å². The summed E-state index contributed by atoms with van der Waals surface area (Å²) in [5.74, 6) is 0.668. The van der Waals surface area contributed by atoms with Crippen molar-refractivity contribution in [3.63, 3.8) is 0 Å². The molecular weight excluding hydrogens is 401 g/mol. The molecule has 140 valence electrons. The van der Waals surface area contributed by atoms with E-state index in [1.807, 2.05) is 38.1 Å². The van der Waals surface area contributed by atoms with Crippen molar-refractivity contribution >= 4 is 21.8 Å². The van der Waals surface area contributed by atoms with Gasteiger partial charge in [-0.3, -0.25) is 4.79 Å². The van der Waals surface area contributed by atoms with E-state index >= 15 is 0 Å². The molecular formula is C20H23BrFNO3. The Kier molecular flexibility index (Phi) is 7.45. The van der Waals surface area contributed by atoms with E-state index in [1.165, 1.54) is 18.2 Å². The Morgan fingerprint density at radius 2 is 1.81 bits per heavy atom. The van der Waals surface area contributed by atoms with Gasteiger partial charge in [0.2, 0.25) is 0 Å². The average Bonchev–Trinajstić information content (AvgIpc) is 2.58. The van der Waals surface area contributed by atoms with Gasteiger partial charge in [-0.2, -0.15) is 0 Å². The summed E-state index contributed by atoms with van der Waals surface area (Å²) < 4.78 is 24.7. The zero-order chi connectivity index (χ0) is 19.1. The highest BCUT2D eigenvalue weighted by atomic mass is 79.9. The first kappa shape index (κ1) is 20.2. The van der Waals surface area contributed by atoms with Gasteiger partial charge in [-0.1, -0.05) is 12.1 Å². The van der Waals surface area contributed by atoms with Crippen molar-refractivity contribution < 1.29 is 18.7 Å². The monoisotopic (exact) mass is 423 g/mol. The van der Waals surface area contributed by atoms with Crippen molar-refractivity contribution in [3.8, 4) is 11.5 Å². The second-order valence-corrected chi connectivity index (χ2v) is 7.04. The quantitative estimate of drug-likeness (QED) is 0.679. The van der Waals surface area contributed by atoms with E-state index in [0.717, 1.165) is 11.3 Å².